The van der Waals surface area contributed by atoms with Gasteiger partial charge in [0.25, 0.3) is 0 Å². The molecule has 0 aromatic rings. The minimum atomic E-state index is -0.885. The van der Waals surface area contributed by atoms with Gasteiger partial charge in [-0.25, -0.2) is 4.79 Å². The summed E-state index contributed by atoms with van der Waals surface area (Å²) in [5, 5.41) is 8.40. The van der Waals surface area contributed by atoms with E-state index in [9.17, 15) is 4.79 Å². The van der Waals surface area contributed by atoms with E-state index in [0.29, 0.717) is 0 Å². The molecule has 0 aromatic heterocycles. The maximum absolute atomic E-state index is 10.2. The Balaban J connectivity index is 0. The van der Waals surface area contributed by atoms with Gasteiger partial charge in [-0.1, -0.05) is 89.4 Å². The maximum atomic E-state index is 10.2. The molecule has 0 heterocycles. The van der Waals surface area contributed by atoms with Gasteiger partial charge in [-0.2, -0.15) is 0 Å². The molecule has 0 rings (SSSR count). The maximum Gasteiger partial charge on any atom is 0.328 e. The molecule has 2 radical (unpaired) electrons. The van der Waals surface area contributed by atoms with Crippen LogP contribution in [0.3, 0.4) is 0 Å². The van der Waals surface area contributed by atoms with Crippen LogP contribution in [0.4, 0.5) is 0 Å². The van der Waals surface area contributed by atoms with Gasteiger partial charge in [-0.05, 0) is 12.8 Å². The van der Waals surface area contributed by atoms with Crippen molar-refractivity contribution >= 4 is 43.7 Å². The van der Waals surface area contributed by atoms with Crippen LogP contribution in [-0.2, 0) is 4.79 Å². The number of aliphatic carboxylic acids is 1. The number of carboxylic acids is 1. The van der Waals surface area contributed by atoms with Crippen LogP contribution in [0.15, 0.2) is 24.3 Å². The van der Waals surface area contributed by atoms with Crippen molar-refractivity contribution in [3.05, 3.63) is 24.3 Å². The second kappa shape index (κ2) is 20.2. The number of hydrogen-bond donors (Lipinski definition) is 1. The molecule has 0 spiro atoms. The third-order valence-corrected chi connectivity index (χ3v) is 3.46. The third kappa shape index (κ3) is 22.6. The first-order chi connectivity index (χ1) is 9.77. The van der Waals surface area contributed by atoms with E-state index in [2.05, 4.69) is 6.92 Å². The molecule has 0 atom stereocenters. The van der Waals surface area contributed by atoms with Crippen LogP contribution in [0, 0.1) is 0 Å². The molecule has 1 N–H and O–H groups in total. The van der Waals surface area contributed by atoms with Gasteiger partial charge in [0.2, 0.25) is 0 Å². The molecule has 0 amide bonds. The molecule has 21 heavy (non-hydrogen) atoms. The van der Waals surface area contributed by atoms with E-state index in [4.69, 9.17) is 5.11 Å². The summed E-state index contributed by atoms with van der Waals surface area (Å²) >= 11 is 0. The van der Waals surface area contributed by atoms with Crippen molar-refractivity contribution in [1.29, 1.82) is 0 Å². The van der Waals surface area contributed by atoms with Crippen molar-refractivity contribution < 1.29 is 9.90 Å². The number of hydrogen-bond acceptors (Lipinski definition) is 1. The molecule has 0 aliphatic carbocycles. The topological polar surface area (TPSA) is 37.3 Å². The van der Waals surface area contributed by atoms with Gasteiger partial charge in [0, 0.05) is 43.8 Å². The van der Waals surface area contributed by atoms with Crippen LogP contribution in [0.1, 0.15) is 84.0 Å². The smallest absolute Gasteiger partial charge is 0.328 e. The van der Waals surface area contributed by atoms with E-state index < -0.39 is 5.97 Å². The summed E-state index contributed by atoms with van der Waals surface area (Å²) in [6.45, 7) is 2.26. The van der Waals surface area contributed by atoms with Crippen LogP contribution in [0.2, 0.25) is 0 Å². The van der Waals surface area contributed by atoms with Crippen LogP contribution >= 0.6 is 0 Å². The fourth-order valence-corrected chi connectivity index (χ4v) is 2.24. The summed E-state index contributed by atoms with van der Waals surface area (Å²) < 4.78 is 0. The van der Waals surface area contributed by atoms with Crippen LogP contribution in [0.5, 0.6) is 0 Å². The van der Waals surface area contributed by atoms with Gasteiger partial charge in [-0.3, -0.25) is 0 Å². The van der Waals surface area contributed by atoms with E-state index in [-0.39, 0.29) is 37.7 Å². The van der Waals surface area contributed by atoms with E-state index in [1.54, 1.807) is 6.08 Å². The van der Waals surface area contributed by atoms with Crippen molar-refractivity contribution in [1.82, 2.24) is 0 Å². The zero-order valence-electron chi connectivity index (χ0n) is 13.9. The number of rotatable bonds is 14. The largest absolute Gasteiger partial charge is 0.478 e. The Hall–Kier alpha value is 0.210. The van der Waals surface area contributed by atoms with E-state index in [1.807, 2.05) is 12.2 Å². The SMILES string of the molecule is CCCCCCCCCCCCCC=CC=CC(=O)O.[Ca]. The number of allylic oxidation sites excluding steroid dienone is 3. The monoisotopic (exact) mass is 320 g/mol. The molecule has 0 aliphatic heterocycles. The first kappa shape index (κ1) is 23.5. The zero-order valence-corrected chi connectivity index (χ0v) is 16.1. The average Bonchev–Trinajstić information content (AvgIpc) is 2.43. The van der Waals surface area contributed by atoms with Gasteiger partial charge in [-0.15, -0.1) is 0 Å². The van der Waals surface area contributed by atoms with Gasteiger partial charge in [0.1, 0.15) is 0 Å². The minimum absolute atomic E-state index is 0. The fraction of sp³-hybridized carbons (Fsp3) is 0.722. The van der Waals surface area contributed by atoms with E-state index in [0.717, 1.165) is 12.5 Å². The first-order valence-corrected chi connectivity index (χ1v) is 8.33. The first-order valence-electron chi connectivity index (χ1n) is 8.33. The Bertz CT molecular complexity index is 272. The standard InChI is InChI=1S/C18H32O2.Ca/c1-2-3-4-5-6-7-8-9-10-11-12-13-14-15-16-17-18(19)20;/h14-17H,2-13H2,1H3,(H,19,20);. The van der Waals surface area contributed by atoms with Gasteiger partial charge < -0.3 is 5.11 Å². The predicted octanol–water partition coefficient (Wildman–Crippen LogP) is 5.50. The summed E-state index contributed by atoms with van der Waals surface area (Å²) in [5.41, 5.74) is 0. The Morgan fingerprint density at radius 3 is 1.76 bits per heavy atom. The number of carboxylic acid groups (broad SMARTS) is 1. The molecular weight excluding hydrogens is 288 g/mol. The molecule has 118 valence electrons. The Kier molecular flexibility index (Phi) is 22.6. The molecule has 0 saturated carbocycles. The Morgan fingerprint density at radius 2 is 1.29 bits per heavy atom. The molecule has 0 unspecified atom stereocenters. The zero-order chi connectivity index (χ0) is 14.9. The summed E-state index contributed by atoms with van der Waals surface area (Å²) in [4.78, 5) is 10.2. The number of unbranched alkanes of at least 4 members (excludes halogenated alkanes) is 11. The average molecular weight is 321 g/mol. The summed E-state index contributed by atoms with van der Waals surface area (Å²) in [6.07, 6.45) is 22.7. The van der Waals surface area contributed by atoms with Gasteiger partial charge in [0.15, 0.2) is 0 Å². The molecule has 0 saturated heterocycles. The van der Waals surface area contributed by atoms with Crippen LogP contribution < -0.4 is 0 Å². The number of carbonyl (C=O) groups is 1. The summed E-state index contributed by atoms with van der Waals surface area (Å²) in [7, 11) is 0. The third-order valence-electron chi connectivity index (χ3n) is 3.46. The molecular formula is C18H32CaO2. The van der Waals surface area contributed by atoms with Gasteiger partial charge >= 0.3 is 5.97 Å². The Labute approximate surface area is 161 Å². The summed E-state index contributed by atoms with van der Waals surface area (Å²) in [5.74, 6) is -0.885. The van der Waals surface area contributed by atoms with E-state index in [1.165, 1.54) is 70.6 Å². The van der Waals surface area contributed by atoms with Crippen molar-refractivity contribution in [2.75, 3.05) is 0 Å². The van der Waals surface area contributed by atoms with Crippen LogP contribution in [0.25, 0.3) is 0 Å². The molecule has 3 heteroatoms. The second-order valence-corrected chi connectivity index (χ2v) is 5.45. The molecule has 0 aliphatic rings. The van der Waals surface area contributed by atoms with Crippen molar-refractivity contribution in [2.24, 2.45) is 0 Å². The van der Waals surface area contributed by atoms with Crippen molar-refractivity contribution in [2.45, 2.75) is 84.0 Å². The van der Waals surface area contributed by atoms with Gasteiger partial charge in [0.05, 0.1) is 0 Å². The van der Waals surface area contributed by atoms with Crippen LogP contribution in [-0.4, -0.2) is 48.8 Å². The van der Waals surface area contributed by atoms with Crippen molar-refractivity contribution in [3.8, 4) is 0 Å². The molecule has 0 aromatic carbocycles. The predicted molar refractivity (Wildman–Crippen MR) is 92.7 cm³/mol. The minimum Gasteiger partial charge on any atom is -0.478 e. The quantitative estimate of drug-likeness (QED) is 0.198. The second-order valence-electron chi connectivity index (χ2n) is 5.45. The Morgan fingerprint density at radius 1 is 0.810 bits per heavy atom. The molecule has 0 fully saturated rings. The molecule has 2 nitrogen and oxygen atoms in total. The fourth-order valence-electron chi connectivity index (χ4n) is 2.24. The van der Waals surface area contributed by atoms with Crippen molar-refractivity contribution in [3.63, 3.8) is 0 Å². The summed E-state index contributed by atoms with van der Waals surface area (Å²) in [6, 6.07) is 0. The normalized spacial score (nSPS) is 11.1. The van der Waals surface area contributed by atoms with E-state index >= 15 is 0 Å². The molecule has 0 bridgehead atoms.